The van der Waals surface area contributed by atoms with Gasteiger partial charge in [-0.1, -0.05) is 6.07 Å². The van der Waals surface area contributed by atoms with E-state index in [1.807, 2.05) is 18.2 Å². The molecule has 2 fully saturated rings. The molecule has 2 heterocycles. The molecule has 0 aromatic carbocycles. The van der Waals surface area contributed by atoms with Crippen molar-refractivity contribution in [1.29, 1.82) is 0 Å². The molecule has 1 aromatic rings. The van der Waals surface area contributed by atoms with Crippen LogP contribution in [0.4, 0.5) is 4.79 Å². The van der Waals surface area contributed by atoms with Gasteiger partial charge >= 0.3 is 12.1 Å². The molecule has 27 heavy (non-hydrogen) atoms. The molecule has 0 radical (unpaired) electrons. The second-order valence-electron chi connectivity index (χ2n) is 8.15. The number of hydrogen-bond acceptors (Lipinski definition) is 5. The van der Waals surface area contributed by atoms with E-state index in [1.54, 1.807) is 27.0 Å². The Labute approximate surface area is 157 Å². The van der Waals surface area contributed by atoms with E-state index in [0.29, 0.717) is 0 Å². The summed E-state index contributed by atoms with van der Waals surface area (Å²) in [5.41, 5.74) is 0.236. The number of nitrogens with zero attached hydrogens (tertiary/aromatic N) is 2. The van der Waals surface area contributed by atoms with Crippen LogP contribution in [-0.2, 0) is 14.3 Å². The van der Waals surface area contributed by atoms with Gasteiger partial charge in [0.25, 0.3) is 0 Å². The van der Waals surface area contributed by atoms with Crippen LogP contribution in [0.2, 0.25) is 0 Å². The summed E-state index contributed by atoms with van der Waals surface area (Å²) in [5.74, 6) is -3.00. The summed E-state index contributed by atoms with van der Waals surface area (Å²) in [6.07, 6.45) is 1.90. The predicted molar refractivity (Wildman–Crippen MR) is 95.9 cm³/mol. The van der Waals surface area contributed by atoms with Crippen LogP contribution in [0.25, 0.3) is 0 Å². The highest BCUT2D eigenvalue weighted by atomic mass is 16.6. The number of pyridine rings is 1. The zero-order valence-electron chi connectivity index (χ0n) is 15.7. The molecule has 2 amide bonds. The average Bonchev–Trinajstić information content (AvgIpc) is 3.18. The molecule has 2 aliphatic rings. The van der Waals surface area contributed by atoms with Crippen LogP contribution in [0.5, 0.6) is 0 Å². The fourth-order valence-corrected chi connectivity index (χ4v) is 3.36. The molecule has 1 saturated heterocycles. The van der Waals surface area contributed by atoms with Crippen molar-refractivity contribution in [2.24, 2.45) is 11.8 Å². The number of aliphatic carboxylic acids is 1. The molecule has 1 aliphatic heterocycles. The van der Waals surface area contributed by atoms with Gasteiger partial charge < -0.3 is 20.1 Å². The maximum Gasteiger partial charge on any atom is 0.410 e. The van der Waals surface area contributed by atoms with Gasteiger partial charge in [0.05, 0.1) is 11.8 Å². The Morgan fingerprint density at radius 2 is 1.93 bits per heavy atom. The highest BCUT2D eigenvalue weighted by Gasteiger charge is 2.47. The molecule has 1 saturated carbocycles. The Hall–Kier alpha value is -2.64. The first-order chi connectivity index (χ1) is 12.7. The number of nitrogens with one attached hydrogen (secondary N) is 1. The van der Waals surface area contributed by atoms with Crippen molar-refractivity contribution in [2.75, 3.05) is 13.1 Å². The Kier molecular flexibility index (Phi) is 5.08. The largest absolute Gasteiger partial charge is 0.481 e. The summed E-state index contributed by atoms with van der Waals surface area (Å²) in [4.78, 5) is 42.1. The molecular weight excluding hydrogens is 350 g/mol. The fourth-order valence-electron chi connectivity index (χ4n) is 3.36. The van der Waals surface area contributed by atoms with Gasteiger partial charge in [0.1, 0.15) is 5.60 Å². The third-order valence-corrected chi connectivity index (χ3v) is 4.81. The molecule has 3 rings (SSSR count). The Morgan fingerprint density at radius 1 is 1.22 bits per heavy atom. The van der Waals surface area contributed by atoms with Crippen LogP contribution in [0.15, 0.2) is 24.4 Å². The third-order valence-electron chi connectivity index (χ3n) is 4.81. The van der Waals surface area contributed by atoms with E-state index < -0.39 is 29.5 Å². The van der Waals surface area contributed by atoms with Crippen LogP contribution < -0.4 is 5.32 Å². The minimum absolute atomic E-state index is 0.0311. The number of carbonyl (C=O) groups is 3. The van der Waals surface area contributed by atoms with Crippen molar-refractivity contribution < 1.29 is 24.2 Å². The Morgan fingerprint density at radius 3 is 2.52 bits per heavy atom. The van der Waals surface area contributed by atoms with Crippen molar-refractivity contribution in [3.8, 4) is 0 Å². The van der Waals surface area contributed by atoms with Crippen LogP contribution in [0.1, 0.15) is 38.8 Å². The zero-order valence-corrected chi connectivity index (χ0v) is 15.7. The maximum atomic E-state index is 12.7. The lowest BCUT2D eigenvalue weighted by molar-refractivity contribution is -0.145. The molecule has 8 nitrogen and oxygen atoms in total. The summed E-state index contributed by atoms with van der Waals surface area (Å²) in [7, 11) is 0. The molecule has 0 bridgehead atoms. The number of hydrogen-bond donors (Lipinski definition) is 2. The molecule has 1 aromatic heterocycles. The predicted octanol–water partition coefficient (Wildman–Crippen LogP) is 1.62. The Balaban J connectivity index is 1.61. The van der Waals surface area contributed by atoms with E-state index in [4.69, 9.17) is 4.74 Å². The number of ether oxygens (including phenoxy) is 1. The van der Waals surface area contributed by atoms with Gasteiger partial charge in [-0.25, -0.2) is 4.79 Å². The topological polar surface area (TPSA) is 109 Å². The number of carbonyl (C=O) groups excluding carboxylic acids is 2. The number of aromatic nitrogens is 1. The normalized spacial score (nSPS) is 27.1. The number of carboxylic acids is 1. The Bertz CT molecular complexity index is 731. The first kappa shape index (κ1) is 19.1. The van der Waals surface area contributed by atoms with E-state index in [-0.39, 0.29) is 31.0 Å². The second kappa shape index (κ2) is 7.17. The minimum Gasteiger partial charge on any atom is -0.481 e. The summed E-state index contributed by atoms with van der Waals surface area (Å²) < 4.78 is 5.30. The molecule has 8 heteroatoms. The van der Waals surface area contributed by atoms with Gasteiger partial charge in [0, 0.05) is 36.9 Å². The fraction of sp³-hybridized carbons (Fsp3) is 0.579. The van der Waals surface area contributed by atoms with Crippen LogP contribution >= 0.6 is 0 Å². The first-order valence-corrected chi connectivity index (χ1v) is 9.08. The van der Waals surface area contributed by atoms with Crippen LogP contribution in [0, 0.1) is 11.8 Å². The van der Waals surface area contributed by atoms with E-state index in [9.17, 15) is 19.5 Å². The lowest BCUT2D eigenvalue weighted by Gasteiger charge is -2.24. The SMILES string of the molecule is CC(C)(C)OC(=O)N1C[C@@H](C(=O)O)[C@H](C(=O)N[C@H]2C[C@@H]2c2ccccn2)C1. The first-order valence-electron chi connectivity index (χ1n) is 9.08. The van der Waals surface area contributed by atoms with Crippen LogP contribution in [0.3, 0.4) is 0 Å². The van der Waals surface area contributed by atoms with Crippen LogP contribution in [-0.4, -0.2) is 57.7 Å². The molecule has 1 aliphatic carbocycles. The van der Waals surface area contributed by atoms with Crippen molar-refractivity contribution in [3.05, 3.63) is 30.1 Å². The smallest absolute Gasteiger partial charge is 0.410 e. The van der Waals surface area contributed by atoms with Gasteiger partial charge in [-0.3, -0.25) is 14.6 Å². The molecular formula is C19H25N3O5. The maximum absolute atomic E-state index is 12.7. The van der Waals surface area contributed by atoms with Gasteiger partial charge in [0.2, 0.25) is 5.91 Å². The summed E-state index contributed by atoms with van der Waals surface area (Å²) in [6, 6.07) is 5.60. The summed E-state index contributed by atoms with van der Waals surface area (Å²) in [6.45, 7) is 5.23. The number of rotatable bonds is 4. The highest BCUT2D eigenvalue weighted by molar-refractivity contribution is 5.87. The van der Waals surface area contributed by atoms with Gasteiger partial charge in [0.15, 0.2) is 0 Å². The number of amides is 2. The minimum atomic E-state index is -1.08. The molecule has 4 atom stereocenters. The zero-order chi connectivity index (χ0) is 19.8. The third kappa shape index (κ3) is 4.56. The highest BCUT2D eigenvalue weighted by Crippen LogP contribution is 2.40. The standard InChI is InChI=1S/C19H25N3O5/c1-19(2,3)27-18(26)22-9-12(13(10-22)17(24)25)16(23)21-15-8-11(15)14-6-4-5-7-20-14/h4-7,11-13,15H,8-10H2,1-3H3,(H,21,23)(H,24,25)/t11-,12-,13-,15+/m1/s1. The molecule has 2 N–H and O–H groups in total. The summed E-state index contributed by atoms with van der Waals surface area (Å²) in [5, 5.41) is 12.4. The van der Waals surface area contributed by atoms with E-state index >= 15 is 0 Å². The monoisotopic (exact) mass is 375 g/mol. The van der Waals surface area contributed by atoms with Crippen molar-refractivity contribution in [2.45, 2.75) is 44.8 Å². The van der Waals surface area contributed by atoms with Crippen molar-refractivity contribution >= 4 is 18.0 Å². The van der Waals surface area contributed by atoms with E-state index in [2.05, 4.69) is 10.3 Å². The van der Waals surface area contributed by atoms with Gasteiger partial charge in [-0.15, -0.1) is 0 Å². The summed E-state index contributed by atoms with van der Waals surface area (Å²) >= 11 is 0. The van der Waals surface area contributed by atoms with Crippen molar-refractivity contribution in [3.63, 3.8) is 0 Å². The second-order valence-corrected chi connectivity index (χ2v) is 8.15. The lowest BCUT2D eigenvalue weighted by atomic mass is 9.95. The van der Waals surface area contributed by atoms with Crippen molar-refractivity contribution in [1.82, 2.24) is 15.2 Å². The van der Waals surface area contributed by atoms with E-state index in [1.165, 1.54) is 4.90 Å². The molecule has 146 valence electrons. The molecule has 0 unspecified atom stereocenters. The average molecular weight is 375 g/mol. The number of carboxylic acid groups (broad SMARTS) is 1. The number of likely N-dealkylation sites (tertiary alicyclic amines) is 1. The van der Waals surface area contributed by atoms with E-state index in [0.717, 1.165) is 12.1 Å². The van der Waals surface area contributed by atoms with Gasteiger partial charge in [-0.2, -0.15) is 0 Å². The van der Waals surface area contributed by atoms with Gasteiger partial charge in [-0.05, 0) is 39.3 Å². The quantitative estimate of drug-likeness (QED) is 0.828. The lowest BCUT2D eigenvalue weighted by Crippen LogP contribution is -2.39. The molecule has 0 spiro atoms.